The summed E-state index contributed by atoms with van der Waals surface area (Å²) in [4.78, 5) is 6.79. The Bertz CT molecular complexity index is 1370. The van der Waals surface area contributed by atoms with E-state index in [9.17, 15) is 0 Å². The van der Waals surface area contributed by atoms with E-state index in [-0.39, 0.29) is 12.1 Å². The molecular formula is C28H28N4O2S. The highest BCUT2D eigenvalue weighted by Crippen LogP contribution is 2.46. The van der Waals surface area contributed by atoms with Crippen LogP contribution in [0, 0.1) is 13.8 Å². The van der Waals surface area contributed by atoms with Crippen LogP contribution < -0.4 is 19.7 Å². The van der Waals surface area contributed by atoms with Gasteiger partial charge in [-0.05, 0) is 85.7 Å². The predicted molar refractivity (Wildman–Crippen MR) is 143 cm³/mol. The van der Waals surface area contributed by atoms with Gasteiger partial charge in [0.15, 0.2) is 5.11 Å². The third-order valence-electron chi connectivity index (χ3n) is 6.60. The lowest BCUT2D eigenvalue weighted by atomic mass is 10.00. The SMILES string of the molecule is COc1ccc(OC)c(N2C(=S)N[C@@H](c3ccccn3)[C@H]2c2cccn2-c2ccc(C)c(C)c2)c1. The summed E-state index contributed by atoms with van der Waals surface area (Å²) in [6, 6.07) is 22.1. The summed E-state index contributed by atoms with van der Waals surface area (Å²) in [5.74, 6) is 1.44. The average molecular weight is 485 g/mol. The molecule has 2 aromatic heterocycles. The molecule has 1 N–H and O–H groups in total. The fourth-order valence-corrected chi connectivity index (χ4v) is 4.98. The summed E-state index contributed by atoms with van der Waals surface area (Å²) in [6.45, 7) is 4.27. The van der Waals surface area contributed by atoms with Gasteiger partial charge in [-0.2, -0.15) is 0 Å². The molecule has 178 valence electrons. The zero-order valence-corrected chi connectivity index (χ0v) is 21.0. The second kappa shape index (κ2) is 9.43. The van der Waals surface area contributed by atoms with Gasteiger partial charge in [-0.25, -0.2) is 0 Å². The van der Waals surface area contributed by atoms with Crippen LogP contribution in [0.25, 0.3) is 5.69 Å². The maximum absolute atomic E-state index is 5.92. The van der Waals surface area contributed by atoms with Crippen molar-refractivity contribution in [3.63, 3.8) is 0 Å². The smallest absolute Gasteiger partial charge is 0.174 e. The zero-order chi connectivity index (χ0) is 24.5. The van der Waals surface area contributed by atoms with Gasteiger partial charge in [0, 0.05) is 29.8 Å². The van der Waals surface area contributed by atoms with E-state index in [1.807, 2.05) is 42.6 Å². The third kappa shape index (κ3) is 4.12. The summed E-state index contributed by atoms with van der Waals surface area (Å²) in [6.07, 6.45) is 3.91. The number of ether oxygens (including phenoxy) is 2. The van der Waals surface area contributed by atoms with Crippen molar-refractivity contribution >= 4 is 23.0 Å². The van der Waals surface area contributed by atoms with Crippen LogP contribution in [0.15, 0.2) is 79.1 Å². The molecule has 2 atom stereocenters. The highest BCUT2D eigenvalue weighted by Gasteiger charge is 2.43. The number of aryl methyl sites for hydroxylation is 2. The average Bonchev–Trinajstić information content (AvgIpc) is 3.50. The number of thiocarbonyl (C=S) groups is 1. The van der Waals surface area contributed by atoms with Crippen molar-refractivity contribution in [2.75, 3.05) is 19.1 Å². The number of hydrogen-bond acceptors (Lipinski definition) is 4. The minimum absolute atomic E-state index is 0.167. The lowest BCUT2D eigenvalue weighted by Crippen LogP contribution is -2.30. The Morgan fingerprint density at radius 1 is 0.914 bits per heavy atom. The fourth-order valence-electron chi connectivity index (χ4n) is 4.65. The molecule has 0 amide bonds. The molecule has 0 radical (unpaired) electrons. The molecule has 5 rings (SSSR count). The van der Waals surface area contributed by atoms with Crippen molar-refractivity contribution in [1.82, 2.24) is 14.9 Å². The highest BCUT2D eigenvalue weighted by atomic mass is 32.1. The van der Waals surface area contributed by atoms with Crippen molar-refractivity contribution in [1.29, 1.82) is 0 Å². The Balaban J connectivity index is 1.71. The molecule has 0 bridgehead atoms. The predicted octanol–water partition coefficient (Wildman–Crippen LogP) is 5.68. The Hall–Kier alpha value is -3.84. The summed E-state index contributed by atoms with van der Waals surface area (Å²) in [5, 5.41) is 4.13. The number of benzene rings is 2. The summed E-state index contributed by atoms with van der Waals surface area (Å²) in [5.41, 5.74) is 6.44. The van der Waals surface area contributed by atoms with Gasteiger partial charge < -0.3 is 24.3 Å². The molecule has 1 saturated heterocycles. The van der Waals surface area contributed by atoms with Gasteiger partial charge in [-0.1, -0.05) is 12.1 Å². The van der Waals surface area contributed by atoms with E-state index in [0.717, 1.165) is 28.5 Å². The molecule has 6 nitrogen and oxygen atoms in total. The van der Waals surface area contributed by atoms with Gasteiger partial charge in [0.2, 0.25) is 0 Å². The van der Waals surface area contributed by atoms with Crippen molar-refractivity contribution in [3.05, 3.63) is 102 Å². The van der Waals surface area contributed by atoms with Crippen molar-refractivity contribution in [2.24, 2.45) is 0 Å². The van der Waals surface area contributed by atoms with Crippen LogP contribution in [0.5, 0.6) is 11.5 Å². The van der Waals surface area contributed by atoms with Crippen molar-refractivity contribution in [3.8, 4) is 17.2 Å². The number of aromatic nitrogens is 2. The first-order valence-electron chi connectivity index (χ1n) is 11.5. The number of nitrogens with one attached hydrogen (secondary N) is 1. The molecule has 0 aliphatic carbocycles. The first-order valence-corrected chi connectivity index (χ1v) is 11.9. The number of rotatable bonds is 6. The van der Waals surface area contributed by atoms with E-state index in [1.54, 1.807) is 14.2 Å². The molecule has 0 spiro atoms. The van der Waals surface area contributed by atoms with Crippen LogP contribution in [0.3, 0.4) is 0 Å². The van der Waals surface area contributed by atoms with Crippen LogP contribution in [0.2, 0.25) is 0 Å². The van der Waals surface area contributed by atoms with Crippen LogP contribution in [0.1, 0.15) is 34.6 Å². The van der Waals surface area contributed by atoms with E-state index in [2.05, 4.69) is 70.1 Å². The minimum atomic E-state index is -0.185. The molecule has 2 aromatic carbocycles. The number of pyridine rings is 1. The van der Waals surface area contributed by atoms with Crippen molar-refractivity contribution in [2.45, 2.75) is 25.9 Å². The van der Waals surface area contributed by atoms with E-state index in [4.69, 9.17) is 21.7 Å². The second-order valence-electron chi connectivity index (χ2n) is 8.61. The monoisotopic (exact) mass is 484 g/mol. The summed E-state index contributed by atoms with van der Waals surface area (Å²) in [7, 11) is 3.33. The molecule has 1 aliphatic rings. The lowest BCUT2D eigenvalue weighted by molar-refractivity contribution is 0.402. The molecule has 4 aromatic rings. The first-order chi connectivity index (χ1) is 17.0. The Morgan fingerprint density at radius 2 is 1.77 bits per heavy atom. The number of nitrogens with zero attached hydrogens (tertiary/aromatic N) is 3. The normalized spacial score (nSPS) is 17.4. The molecule has 3 heterocycles. The maximum Gasteiger partial charge on any atom is 0.174 e. The Morgan fingerprint density at radius 3 is 2.49 bits per heavy atom. The van der Waals surface area contributed by atoms with Crippen LogP contribution in [-0.4, -0.2) is 28.9 Å². The van der Waals surface area contributed by atoms with Gasteiger partial charge >= 0.3 is 0 Å². The number of hydrogen-bond donors (Lipinski definition) is 1. The zero-order valence-electron chi connectivity index (χ0n) is 20.2. The van der Waals surface area contributed by atoms with Crippen molar-refractivity contribution < 1.29 is 9.47 Å². The van der Waals surface area contributed by atoms with E-state index in [1.165, 1.54) is 11.1 Å². The third-order valence-corrected chi connectivity index (χ3v) is 6.91. The molecular weight excluding hydrogens is 456 g/mol. The minimum Gasteiger partial charge on any atom is -0.497 e. The van der Waals surface area contributed by atoms with Gasteiger partial charge in [-0.3, -0.25) is 4.98 Å². The van der Waals surface area contributed by atoms with Gasteiger partial charge in [0.25, 0.3) is 0 Å². The van der Waals surface area contributed by atoms with E-state index in [0.29, 0.717) is 10.9 Å². The Labute approximate surface area is 211 Å². The van der Waals surface area contributed by atoms with Crippen LogP contribution in [-0.2, 0) is 0 Å². The summed E-state index contributed by atoms with van der Waals surface area (Å²) >= 11 is 5.92. The molecule has 7 heteroatoms. The fraction of sp³-hybridized carbons (Fsp3) is 0.214. The number of methoxy groups -OCH3 is 2. The van der Waals surface area contributed by atoms with Gasteiger partial charge in [-0.15, -0.1) is 0 Å². The molecule has 0 unspecified atom stereocenters. The van der Waals surface area contributed by atoms with Crippen LogP contribution >= 0.6 is 12.2 Å². The largest absolute Gasteiger partial charge is 0.497 e. The quantitative estimate of drug-likeness (QED) is 0.355. The molecule has 1 fully saturated rings. The topological polar surface area (TPSA) is 51.6 Å². The molecule has 0 saturated carbocycles. The summed E-state index contributed by atoms with van der Waals surface area (Å²) < 4.78 is 13.5. The Kier molecular flexibility index (Phi) is 6.17. The van der Waals surface area contributed by atoms with E-state index >= 15 is 0 Å². The van der Waals surface area contributed by atoms with Gasteiger partial charge in [0.1, 0.15) is 17.5 Å². The second-order valence-corrected chi connectivity index (χ2v) is 8.99. The van der Waals surface area contributed by atoms with Crippen LogP contribution in [0.4, 0.5) is 5.69 Å². The molecule has 1 aliphatic heterocycles. The first kappa shape index (κ1) is 22.9. The molecule has 35 heavy (non-hydrogen) atoms. The standard InChI is InChI=1S/C28H28N4O2S/c1-18-10-11-20(16-19(18)2)31-15-7-9-23(31)27-26(22-8-5-6-14-29-22)30-28(35)32(27)24-17-21(33-3)12-13-25(24)34-4/h5-17,26-27H,1-4H3,(H,30,35)/t26-,27+/m0/s1. The maximum atomic E-state index is 5.92. The van der Waals surface area contributed by atoms with E-state index < -0.39 is 0 Å². The lowest BCUT2D eigenvalue weighted by Gasteiger charge is -2.30. The van der Waals surface area contributed by atoms with Gasteiger partial charge in [0.05, 0.1) is 31.6 Å². The number of anilines is 1. The highest BCUT2D eigenvalue weighted by molar-refractivity contribution is 7.80.